The molecule has 3 N–H and O–H groups in total. The summed E-state index contributed by atoms with van der Waals surface area (Å²) in [5.41, 5.74) is 6.97. The molecule has 112 valence electrons. The fraction of sp³-hybridized carbons (Fsp3) is 0.250. The third kappa shape index (κ3) is 3.78. The van der Waals surface area contributed by atoms with Crippen molar-refractivity contribution in [3.8, 4) is 11.5 Å². The number of halogens is 1. The summed E-state index contributed by atoms with van der Waals surface area (Å²) >= 11 is 0. The fourth-order valence-corrected chi connectivity index (χ4v) is 1.89. The SMILES string of the molecule is COc1cc(Nc2ccc(OC(C)C)cc2)c(F)cc1N. The molecule has 0 spiro atoms. The van der Waals surface area contributed by atoms with Crippen molar-refractivity contribution in [2.45, 2.75) is 20.0 Å². The topological polar surface area (TPSA) is 56.5 Å². The van der Waals surface area contributed by atoms with E-state index in [-0.39, 0.29) is 11.8 Å². The smallest absolute Gasteiger partial charge is 0.148 e. The highest BCUT2D eigenvalue weighted by Crippen LogP contribution is 2.30. The second kappa shape index (κ2) is 6.35. The third-order valence-electron chi connectivity index (χ3n) is 2.82. The molecule has 0 atom stereocenters. The summed E-state index contributed by atoms with van der Waals surface area (Å²) in [6, 6.07) is 10.1. The van der Waals surface area contributed by atoms with Crippen LogP contribution in [0.3, 0.4) is 0 Å². The summed E-state index contributed by atoms with van der Waals surface area (Å²) < 4.78 is 24.5. The maximum atomic E-state index is 13.9. The average molecular weight is 290 g/mol. The molecule has 0 aliphatic heterocycles. The van der Waals surface area contributed by atoms with Gasteiger partial charge in [-0.25, -0.2) is 4.39 Å². The minimum Gasteiger partial charge on any atom is -0.495 e. The Morgan fingerprint density at radius 3 is 2.38 bits per heavy atom. The molecule has 2 aromatic rings. The van der Waals surface area contributed by atoms with E-state index in [1.165, 1.54) is 19.2 Å². The number of nitrogen functional groups attached to an aromatic ring is 1. The van der Waals surface area contributed by atoms with Gasteiger partial charge in [0.15, 0.2) is 0 Å². The summed E-state index contributed by atoms with van der Waals surface area (Å²) in [6.45, 7) is 3.92. The first-order chi connectivity index (χ1) is 9.99. The molecule has 0 aliphatic carbocycles. The first kappa shape index (κ1) is 15.0. The predicted octanol–water partition coefficient (Wildman–Crippen LogP) is 3.95. The second-order valence-corrected chi connectivity index (χ2v) is 4.89. The van der Waals surface area contributed by atoms with Gasteiger partial charge in [0.05, 0.1) is 24.6 Å². The van der Waals surface area contributed by atoms with E-state index in [4.69, 9.17) is 15.2 Å². The standard InChI is InChI=1S/C16H19FN2O2/c1-10(2)21-12-6-4-11(5-7-12)19-15-9-16(20-3)14(18)8-13(15)17/h4-10,19H,18H2,1-3H3. The highest BCUT2D eigenvalue weighted by molar-refractivity contribution is 5.67. The largest absolute Gasteiger partial charge is 0.495 e. The molecule has 0 unspecified atom stereocenters. The Bertz CT molecular complexity index is 612. The summed E-state index contributed by atoms with van der Waals surface area (Å²) in [4.78, 5) is 0. The Morgan fingerprint density at radius 1 is 1.14 bits per heavy atom. The monoisotopic (exact) mass is 290 g/mol. The van der Waals surface area contributed by atoms with Crippen LogP contribution in [0.5, 0.6) is 11.5 Å². The molecule has 2 aromatic carbocycles. The molecule has 2 rings (SSSR count). The normalized spacial score (nSPS) is 10.5. The van der Waals surface area contributed by atoms with Gasteiger partial charge < -0.3 is 20.5 Å². The van der Waals surface area contributed by atoms with E-state index in [1.54, 1.807) is 0 Å². The third-order valence-corrected chi connectivity index (χ3v) is 2.82. The van der Waals surface area contributed by atoms with Gasteiger partial charge in [-0.3, -0.25) is 0 Å². The van der Waals surface area contributed by atoms with E-state index in [9.17, 15) is 4.39 Å². The van der Waals surface area contributed by atoms with Crippen molar-refractivity contribution < 1.29 is 13.9 Å². The lowest BCUT2D eigenvalue weighted by Crippen LogP contribution is -2.05. The van der Waals surface area contributed by atoms with Crippen molar-refractivity contribution in [2.24, 2.45) is 0 Å². The van der Waals surface area contributed by atoms with Gasteiger partial charge >= 0.3 is 0 Å². The number of benzene rings is 2. The van der Waals surface area contributed by atoms with E-state index >= 15 is 0 Å². The van der Waals surface area contributed by atoms with Crippen LogP contribution in [-0.4, -0.2) is 13.2 Å². The van der Waals surface area contributed by atoms with Crippen molar-refractivity contribution in [1.29, 1.82) is 0 Å². The van der Waals surface area contributed by atoms with E-state index < -0.39 is 5.82 Å². The molecule has 0 fully saturated rings. The molecular weight excluding hydrogens is 271 g/mol. The Hall–Kier alpha value is -2.43. The Kier molecular flexibility index (Phi) is 4.52. The lowest BCUT2D eigenvalue weighted by Gasteiger charge is -2.13. The molecule has 0 bridgehead atoms. The summed E-state index contributed by atoms with van der Waals surface area (Å²) in [5.74, 6) is 0.764. The average Bonchev–Trinajstić information content (AvgIpc) is 2.43. The van der Waals surface area contributed by atoms with E-state index in [0.717, 1.165) is 11.4 Å². The van der Waals surface area contributed by atoms with Crippen LogP contribution in [-0.2, 0) is 0 Å². The Balaban J connectivity index is 2.18. The van der Waals surface area contributed by atoms with Crippen LogP contribution >= 0.6 is 0 Å². The molecule has 21 heavy (non-hydrogen) atoms. The lowest BCUT2D eigenvalue weighted by atomic mass is 10.2. The quantitative estimate of drug-likeness (QED) is 0.819. The number of rotatable bonds is 5. The van der Waals surface area contributed by atoms with Gasteiger partial charge in [-0.2, -0.15) is 0 Å². The van der Waals surface area contributed by atoms with Gasteiger partial charge in [0.25, 0.3) is 0 Å². The zero-order valence-corrected chi connectivity index (χ0v) is 12.3. The fourth-order valence-electron chi connectivity index (χ4n) is 1.89. The van der Waals surface area contributed by atoms with Gasteiger partial charge in [-0.1, -0.05) is 0 Å². The van der Waals surface area contributed by atoms with Crippen molar-refractivity contribution in [3.05, 3.63) is 42.2 Å². The number of methoxy groups -OCH3 is 1. The van der Waals surface area contributed by atoms with E-state index in [1.807, 2.05) is 38.1 Å². The zero-order valence-electron chi connectivity index (χ0n) is 12.3. The van der Waals surface area contributed by atoms with E-state index in [0.29, 0.717) is 11.4 Å². The Morgan fingerprint density at radius 2 is 1.81 bits per heavy atom. The number of anilines is 3. The first-order valence-electron chi connectivity index (χ1n) is 6.66. The van der Waals surface area contributed by atoms with Crippen LogP contribution in [0.2, 0.25) is 0 Å². The summed E-state index contributed by atoms with van der Waals surface area (Å²) in [6.07, 6.45) is 0.114. The van der Waals surface area contributed by atoms with Gasteiger partial charge in [-0.05, 0) is 38.1 Å². The van der Waals surface area contributed by atoms with Crippen molar-refractivity contribution in [1.82, 2.24) is 0 Å². The molecule has 0 saturated heterocycles. The van der Waals surface area contributed by atoms with Crippen molar-refractivity contribution in [2.75, 3.05) is 18.2 Å². The maximum absolute atomic E-state index is 13.9. The molecule has 0 radical (unpaired) electrons. The van der Waals surface area contributed by atoms with E-state index in [2.05, 4.69) is 5.32 Å². The van der Waals surface area contributed by atoms with Gasteiger partial charge in [0.1, 0.15) is 17.3 Å². The maximum Gasteiger partial charge on any atom is 0.148 e. The van der Waals surface area contributed by atoms with Gasteiger partial charge in [0, 0.05) is 17.8 Å². The summed E-state index contributed by atoms with van der Waals surface area (Å²) in [7, 11) is 1.49. The van der Waals surface area contributed by atoms with Crippen molar-refractivity contribution in [3.63, 3.8) is 0 Å². The number of hydrogen-bond donors (Lipinski definition) is 2. The molecule has 0 aromatic heterocycles. The van der Waals surface area contributed by atoms with Crippen molar-refractivity contribution >= 4 is 17.1 Å². The van der Waals surface area contributed by atoms with Gasteiger partial charge in [0.2, 0.25) is 0 Å². The zero-order chi connectivity index (χ0) is 15.4. The number of nitrogens with two attached hydrogens (primary N) is 1. The lowest BCUT2D eigenvalue weighted by molar-refractivity contribution is 0.242. The number of hydrogen-bond acceptors (Lipinski definition) is 4. The molecule has 4 nitrogen and oxygen atoms in total. The Labute approximate surface area is 123 Å². The molecule has 0 saturated carbocycles. The first-order valence-corrected chi connectivity index (χ1v) is 6.66. The van der Waals surface area contributed by atoms with Crippen LogP contribution < -0.4 is 20.5 Å². The van der Waals surface area contributed by atoms with Crippen LogP contribution in [0.15, 0.2) is 36.4 Å². The minimum absolute atomic E-state index is 0.114. The molecule has 5 heteroatoms. The molecule has 0 amide bonds. The van der Waals surface area contributed by atoms with Crippen LogP contribution in [0, 0.1) is 5.82 Å². The molecule has 0 heterocycles. The van der Waals surface area contributed by atoms with Crippen LogP contribution in [0.4, 0.5) is 21.5 Å². The van der Waals surface area contributed by atoms with Gasteiger partial charge in [-0.15, -0.1) is 0 Å². The number of nitrogens with one attached hydrogen (secondary N) is 1. The highest BCUT2D eigenvalue weighted by Gasteiger charge is 2.09. The molecular formula is C16H19FN2O2. The summed E-state index contributed by atoms with van der Waals surface area (Å²) in [5, 5.41) is 2.99. The predicted molar refractivity (Wildman–Crippen MR) is 82.9 cm³/mol. The van der Waals surface area contributed by atoms with Crippen LogP contribution in [0.1, 0.15) is 13.8 Å². The number of ether oxygens (including phenoxy) is 2. The highest BCUT2D eigenvalue weighted by atomic mass is 19.1. The molecule has 0 aliphatic rings. The van der Waals surface area contributed by atoms with Crippen LogP contribution in [0.25, 0.3) is 0 Å². The second-order valence-electron chi connectivity index (χ2n) is 4.89. The minimum atomic E-state index is -0.434.